The number of aliphatic hydroxyl groups is 1. The summed E-state index contributed by atoms with van der Waals surface area (Å²) in [7, 11) is 1.57. The zero-order chi connectivity index (χ0) is 14.1. The van der Waals surface area contributed by atoms with Crippen LogP contribution in [-0.4, -0.2) is 37.6 Å². The van der Waals surface area contributed by atoms with Crippen molar-refractivity contribution < 1.29 is 19.0 Å². The molecule has 0 aliphatic heterocycles. The standard InChI is InChI=1S/C12H16FN3O3/c1-18-10-4-2-9(3-5-10)8-19-12(7-17)11(13)6-15-16-14/h2-5,11-12,17H,6-8H2,1H3. The minimum atomic E-state index is -1.53. The molecule has 6 nitrogen and oxygen atoms in total. The number of nitrogens with zero attached hydrogens (tertiary/aromatic N) is 3. The first-order valence-corrected chi connectivity index (χ1v) is 5.71. The second-order valence-electron chi connectivity index (χ2n) is 3.81. The monoisotopic (exact) mass is 269 g/mol. The Kier molecular flexibility index (Phi) is 6.67. The van der Waals surface area contributed by atoms with Crippen molar-refractivity contribution in [1.82, 2.24) is 0 Å². The normalized spacial score (nSPS) is 13.4. The molecule has 0 heterocycles. The van der Waals surface area contributed by atoms with Crippen LogP contribution >= 0.6 is 0 Å². The molecule has 1 aromatic carbocycles. The van der Waals surface area contributed by atoms with Crippen LogP contribution in [0.3, 0.4) is 0 Å². The van der Waals surface area contributed by atoms with Crippen molar-refractivity contribution in [2.45, 2.75) is 18.9 Å². The summed E-state index contributed by atoms with van der Waals surface area (Å²) in [5, 5.41) is 12.2. The third-order valence-electron chi connectivity index (χ3n) is 2.53. The maximum atomic E-state index is 13.5. The molecule has 0 saturated carbocycles. The average Bonchev–Trinajstić information content (AvgIpc) is 2.46. The molecule has 0 radical (unpaired) electrons. The van der Waals surface area contributed by atoms with E-state index >= 15 is 0 Å². The number of ether oxygens (including phenoxy) is 2. The van der Waals surface area contributed by atoms with Crippen LogP contribution in [0.15, 0.2) is 29.4 Å². The van der Waals surface area contributed by atoms with Gasteiger partial charge in [0.1, 0.15) is 18.0 Å². The number of hydrogen-bond acceptors (Lipinski definition) is 4. The molecule has 2 unspecified atom stereocenters. The molecule has 0 amide bonds. The van der Waals surface area contributed by atoms with Crippen LogP contribution in [0.4, 0.5) is 4.39 Å². The minimum Gasteiger partial charge on any atom is -0.497 e. The summed E-state index contributed by atoms with van der Waals surface area (Å²) in [6.07, 6.45) is -2.54. The average molecular weight is 269 g/mol. The molecule has 1 aromatic rings. The SMILES string of the molecule is COc1ccc(COC(CO)C(F)CN=[N+]=[N-])cc1. The maximum Gasteiger partial charge on any atom is 0.134 e. The van der Waals surface area contributed by atoms with Crippen LogP contribution in [0.2, 0.25) is 0 Å². The summed E-state index contributed by atoms with van der Waals surface area (Å²) in [5.41, 5.74) is 8.93. The van der Waals surface area contributed by atoms with Gasteiger partial charge in [0.2, 0.25) is 0 Å². The second-order valence-corrected chi connectivity index (χ2v) is 3.81. The summed E-state index contributed by atoms with van der Waals surface area (Å²) >= 11 is 0. The van der Waals surface area contributed by atoms with Crippen LogP contribution in [-0.2, 0) is 11.3 Å². The third kappa shape index (κ3) is 5.13. The Balaban J connectivity index is 2.49. The lowest BCUT2D eigenvalue weighted by atomic mass is 10.2. The fraction of sp³-hybridized carbons (Fsp3) is 0.500. The second kappa shape index (κ2) is 8.31. The molecule has 104 valence electrons. The van der Waals surface area contributed by atoms with Crippen LogP contribution in [0.25, 0.3) is 10.4 Å². The number of aliphatic hydroxyl groups excluding tert-OH is 1. The highest BCUT2D eigenvalue weighted by atomic mass is 19.1. The molecule has 7 heteroatoms. The molecule has 0 saturated heterocycles. The molecule has 0 fully saturated rings. The van der Waals surface area contributed by atoms with Crippen molar-refractivity contribution in [3.8, 4) is 5.75 Å². The topological polar surface area (TPSA) is 87.5 Å². The van der Waals surface area contributed by atoms with E-state index in [1.165, 1.54) is 0 Å². The van der Waals surface area contributed by atoms with Gasteiger partial charge in [-0.1, -0.05) is 17.2 Å². The zero-order valence-corrected chi connectivity index (χ0v) is 10.6. The molecule has 0 spiro atoms. The van der Waals surface area contributed by atoms with Crippen molar-refractivity contribution in [2.75, 3.05) is 20.3 Å². The summed E-state index contributed by atoms with van der Waals surface area (Å²) in [6.45, 7) is -0.672. The van der Waals surface area contributed by atoms with Gasteiger partial charge in [0.25, 0.3) is 0 Å². The van der Waals surface area contributed by atoms with Gasteiger partial charge in [0.05, 0.1) is 26.9 Å². The van der Waals surface area contributed by atoms with Crippen molar-refractivity contribution in [3.05, 3.63) is 40.3 Å². The molecule has 0 aliphatic carbocycles. The molecule has 1 rings (SSSR count). The maximum absolute atomic E-state index is 13.5. The van der Waals surface area contributed by atoms with E-state index in [2.05, 4.69) is 10.0 Å². The number of azide groups is 1. The third-order valence-corrected chi connectivity index (χ3v) is 2.53. The largest absolute Gasteiger partial charge is 0.497 e. The van der Waals surface area contributed by atoms with Gasteiger partial charge in [-0.25, -0.2) is 4.39 Å². The van der Waals surface area contributed by atoms with Crippen LogP contribution in [0, 0.1) is 0 Å². The summed E-state index contributed by atoms with van der Waals surface area (Å²) < 4.78 is 23.8. The Morgan fingerprint density at radius 1 is 1.42 bits per heavy atom. The van der Waals surface area contributed by atoms with E-state index in [4.69, 9.17) is 20.1 Å². The first kappa shape index (κ1) is 15.2. The van der Waals surface area contributed by atoms with Gasteiger partial charge in [-0.2, -0.15) is 0 Å². The highest BCUT2D eigenvalue weighted by Crippen LogP contribution is 2.14. The number of halogens is 1. The molecular weight excluding hydrogens is 253 g/mol. The Labute approximate surface area is 110 Å². The van der Waals surface area contributed by atoms with Gasteiger partial charge in [-0.15, -0.1) is 0 Å². The molecule has 0 aliphatic rings. The molecule has 0 aromatic heterocycles. The van der Waals surface area contributed by atoms with E-state index in [1.807, 2.05) is 0 Å². The first-order chi connectivity index (χ1) is 9.21. The Hall–Kier alpha value is -1.82. The number of benzene rings is 1. The van der Waals surface area contributed by atoms with Crippen molar-refractivity contribution in [2.24, 2.45) is 5.11 Å². The van der Waals surface area contributed by atoms with Crippen LogP contribution in [0.1, 0.15) is 5.56 Å². The van der Waals surface area contributed by atoms with Crippen molar-refractivity contribution >= 4 is 0 Å². The van der Waals surface area contributed by atoms with E-state index in [-0.39, 0.29) is 13.2 Å². The summed E-state index contributed by atoms with van der Waals surface area (Å²) in [6, 6.07) is 7.10. The van der Waals surface area contributed by atoms with Gasteiger partial charge < -0.3 is 14.6 Å². The molecule has 0 bridgehead atoms. The fourth-order valence-corrected chi connectivity index (χ4v) is 1.43. The Morgan fingerprint density at radius 2 is 2.11 bits per heavy atom. The lowest BCUT2D eigenvalue weighted by Crippen LogP contribution is -2.31. The Morgan fingerprint density at radius 3 is 2.63 bits per heavy atom. The van der Waals surface area contributed by atoms with Crippen molar-refractivity contribution in [3.63, 3.8) is 0 Å². The van der Waals surface area contributed by atoms with E-state index in [0.29, 0.717) is 5.75 Å². The molecule has 1 N–H and O–H groups in total. The van der Waals surface area contributed by atoms with Gasteiger partial charge in [-0.05, 0) is 23.2 Å². The molecule has 2 atom stereocenters. The van der Waals surface area contributed by atoms with E-state index in [9.17, 15) is 4.39 Å². The van der Waals surface area contributed by atoms with Gasteiger partial charge in [-0.3, -0.25) is 0 Å². The van der Waals surface area contributed by atoms with Crippen molar-refractivity contribution in [1.29, 1.82) is 0 Å². The highest BCUT2D eigenvalue weighted by molar-refractivity contribution is 5.26. The van der Waals surface area contributed by atoms with Crippen LogP contribution < -0.4 is 4.74 Å². The van der Waals surface area contributed by atoms with E-state index in [1.54, 1.807) is 31.4 Å². The first-order valence-electron chi connectivity index (χ1n) is 5.71. The summed E-state index contributed by atoms with van der Waals surface area (Å²) in [5.74, 6) is 0.717. The number of alkyl halides is 1. The van der Waals surface area contributed by atoms with E-state index < -0.39 is 18.9 Å². The minimum absolute atomic E-state index is 0.159. The fourth-order valence-electron chi connectivity index (χ4n) is 1.43. The highest BCUT2D eigenvalue weighted by Gasteiger charge is 2.20. The predicted molar refractivity (Wildman–Crippen MR) is 67.6 cm³/mol. The number of methoxy groups -OCH3 is 1. The smallest absolute Gasteiger partial charge is 0.134 e. The quantitative estimate of drug-likeness (QED) is 0.446. The zero-order valence-electron chi connectivity index (χ0n) is 10.6. The van der Waals surface area contributed by atoms with Gasteiger partial charge >= 0.3 is 0 Å². The predicted octanol–water partition coefficient (Wildman–Crippen LogP) is 2.22. The van der Waals surface area contributed by atoms with Gasteiger partial charge in [0, 0.05) is 4.91 Å². The van der Waals surface area contributed by atoms with E-state index in [0.717, 1.165) is 5.56 Å². The summed E-state index contributed by atoms with van der Waals surface area (Å²) in [4.78, 5) is 2.46. The Bertz CT molecular complexity index is 421. The molecular formula is C12H16FN3O3. The number of rotatable bonds is 8. The molecule has 19 heavy (non-hydrogen) atoms. The lowest BCUT2D eigenvalue weighted by molar-refractivity contribution is -0.0402. The van der Waals surface area contributed by atoms with Crippen LogP contribution in [0.5, 0.6) is 5.75 Å². The number of hydrogen-bond donors (Lipinski definition) is 1. The lowest BCUT2D eigenvalue weighted by Gasteiger charge is -2.18. The van der Waals surface area contributed by atoms with Gasteiger partial charge in [0.15, 0.2) is 0 Å².